The Bertz CT molecular complexity index is 354. The van der Waals surface area contributed by atoms with Crippen molar-refractivity contribution in [3.63, 3.8) is 0 Å². The number of nitrogens with one attached hydrogen (secondary N) is 2. The molecule has 104 valence electrons. The Labute approximate surface area is 114 Å². The number of unbranched alkanes of at least 4 members (excludes halogenated alkanes) is 1. The van der Waals surface area contributed by atoms with Crippen molar-refractivity contribution in [1.29, 1.82) is 0 Å². The summed E-state index contributed by atoms with van der Waals surface area (Å²) in [6.07, 6.45) is 3.21. The molecule has 0 aromatic carbocycles. The number of hydrogen-bond acceptors (Lipinski definition) is 3. The number of imidazole rings is 1. The van der Waals surface area contributed by atoms with E-state index < -0.39 is 0 Å². The van der Waals surface area contributed by atoms with Gasteiger partial charge in [0.25, 0.3) is 0 Å². The monoisotopic (exact) mass is 273 g/mol. The Hall–Kier alpha value is -0.580. The van der Waals surface area contributed by atoms with Crippen LogP contribution in [-0.4, -0.2) is 27.7 Å². The minimum atomic E-state index is 0.187. The Kier molecular flexibility index (Phi) is 6.68. The van der Waals surface area contributed by atoms with Gasteiger partial charge in [-0.3, -0.25) is 0 Å². The summed E-state index contributed by atoms with van der Waals surface area (Å²) in [5.74, 6) is 1.19. The van der Waals surface area contributed by atoms with Gasteiger partial charge in [0.05, 0.1) is 5.69 Å². The van der Waals surface area contributed by atoms with Crippen molar-refractivity contribution >= 4 is 11.6 Å². The molecule has 18 heavy (non-hydrogen) atoms. The van der Waals surface area contributed by atoms with Gasteiger partial charge < -0.3 is 15.4 Å². The number of aromatic nitrogens is 2. The van der Waals surface area contributed by atoms with E-state index in [4.69, 9.17) is 16.7 Å². The number of rotatable bonds is 8. The van der Waals surface area contributed by atoms with E-state index >= 15 is 0 Å². The van der Waals surface area contributed by atoms with Crippen molar-refractivity contribution < 1.29 is 5.11 Å². The molecule has 2 unspecified atom stereocenters. The van der Waals surface area contributed by atoms with Crippen LogP contribution in [0.2, 0.25) is 5.15 Å². The molecule has 0 bridgehead atoms. The molecular weight excluding hydrogens is 250 g/mol. The van der Waals surface area contributed by atoms with Gasteiger partial charge >= 0.3 is 0 Å². The first-order valence-corrected chi connectivity index (χ1v) is 7.03. The minimum absolute atomic E-state index is 0.187. The Morgan fingerprint density at radius 2 is 2.17 bits per heavy atom. The van der Waals surface area contributed by atoms with Gasteiger partial charge in [-0.1, -0.05) is 31.9 Å². The molecule has 0 fully saturated rings. The van der Waals surface area contributed by atoms with Crippen LogP contribution in [0, 0.1) is 5.92 Å². The molecule has 1 aromatic heterocycles. The zero-order valence-corrected chi connectivity index (χ0v) is 12.2. The number of hydrogen-bond donors (Lipinski definition) is 3. The van der Waals surface area contributed by atoms with Crippen molar-refractivity contribution in [3.05, 3.63) is 16.7 Å². The first-order valence-electron chi connectivity index (χ1n) is 6.66. The molecule has 0 saturated heterocycles. The third kappa shape index (κ3) is 4.59. The molecule has 0 aliphatic carbocycles. The Morgan fingerprint density at radius 3 is 2.78 bits per heavy atom. The first kappa shape index (κ1) is 15.5. The van der Waals surface area contributed by atoms with Crippen molar-refractivity contribution in [2.24, 2.45) is 5.92 Å². The third-order valence-electron chi connectivity index (χ3n) is 3.29. The maximum Gasteiger partial charge on any atom is 0.151 e. The maximum atomic E-state index is 9.07. The fourth-order valence-electron chi connectivity index (χ4n) is 1.64. The molecule has 0 saturated carbocycles. The van der Waals surface area contributed by atoms with Crippen LogP contribution in [0.1, 0.15) is 45.1 Å². The quantitative estimate of drug-likeness (QED) is 0.682. The second-order valence-electron chi connectivity index (χ2n) is 4.89. The highest BCUT2D eigenvalue weighted by atomic mass is 35.5. The van der Waals surface area contributed by atoms with E-state index in [1.165, 1.54) is 0 Å². The van der Waals surface area contributed by atoms with Crippen molar-refractivity contribution in [2.75, 3.05) is 6.61 Å². The number of aliphatic hydroxyl groups is 1. The minimum Gasteiger partial charge on any atom is -0.396 e. The van der Waals surface area contributed by atoms with Gasteiger partial charge in [0.2, 0.25) is 0 Å². The molecule has 1 rings (SSSR count). The highest BCUT2D eigenvalue weighted by molar-refractivity contribution is 6.30. The van der Waals surface area contributed by atoms with E-state index in [2.05, 4.69) is 29.1 Å². The molecule has 3 N–H and O–H groups in total. The summed E-state index contributed by atoms with van der Waals surface area (Å²) in [7, 11) is 0. The van der Waals surface area contributed by atoms with Gasteiger partial charge in [-0.15, -0.1) is 0 Å². The van der Waals surface area contributed by atoms with Gasteiger partial charge in [-0.2, -0.15) is 0 Å². The summed E-state index contributed by atoms with van der Waals surface area (Å²) in [6.45, 7) is 7.07. The highest BCUT2D eigenvalue weighted by Crippen LogP contribution is 2.14. The Morgan fingerprint density at radius 1 is 1.44 bits per heavy atom. The van der Waals surface area contributed by atoms with Gasteiger partial charge in [-0.25, -0.2) is 4.98 Å². The molecule has 0 spiro atoms. The van der Waals surface area contributed by atoms with Crippen LogP contribution in [0.4, 0.5) is 0 Å². The molecule has 4 nitrogen and oxygen atoms in total. The van der Waals surface area contributed by atoms with Gasteiger partial charge in [0.15, 0.2) is 5.15 Å². The van der Waals surface area contributed by atoms with E-state index in [1.54, 1.807) is 0 Å². The molecule has 1 heterocycles. The predicted molar refractivity (Wildman–Crippen MR) is 74.8 cm³/mol. The van der Waals surface area contributed by atoms with Crippen LogP contribution in [0.3, 0.4) is 0 Å². The van der Waals surface area contributed by atoms with Crippen LogP contribution in [0.25, 0.3) is 0 Å². The number of H-pyrrole nitrogens is 1. The predicted octanol–water partition coefficient (Wildman–Crippen LogP) is 2.51. The molecule has 0 aliphatic heterocycles. The average molecular weight is 274 g/mol. The van der Waals surface area contributed by atoms with Crippen molar-refractivity contribution in [3.8, 4) is 0 Å². The molecule has 0 aliphatic rings. The van der Waals surface area contributed by atoms with E-state index in [-0.39, 0.29) is 18.6 Å². The number of aliphatic hydroxyl groups excluding tert-OH is 1. The van der Waals surface area contributed by atoms with E-state index in [0.717, 1.165) is 30.8 Å². The van der Waals surface area contributed by atoms with Crippen LogP contribution in [-0.2, 0) is 13.0 Å². The molecule has 2 atom stereocenters. The zero-order valence-electron chi connectivity index (χ0n) is 11.5. The van der Waals surface area contributed by atoms with E-state index in [1.807, 2.05) is 6.92 Å². The second-order valence-corrected chi connectivity index (χ2v) is 5.24. The fourth-order valence-corrected chi connectivity index (χ4v) is 1.86. The number of nitrogens with zero attached hydrogens (tertiary/aromatic N) is 1. The van der Waals surface area contributed by atoms with E-state index in [9.17, 15) is 0 Å². The number of aromatic amines is 1. The summed E-state index contributed by atoms with van der Waals surface area (Å²) < 4.78 is 0. The van der Waals surface area contributed by atoms with Crippen LogP contribution in [0.5, 0.6) is 0 Å². The molecular formula is C13H24ClN3O. The average Bonchev–Trinajstić information content (AvgIpc) is 2.73. The lowest BCUT2D eigenvalue weighted by atomic mass is 10.1. The molecule has 0 amide bonds. The lowest BCUT2D eigenvalue weighted by Gasteiger charge is -2.18. The van der Waals surface area contributed by atoms with Crippen LogP contribution >= 0.6 is 11.6 Å². The summed E-state index contributed by atoms with van der Waals surface area (Å²) in [5.41, 5.74) is 0.930. The SMILES string of the molecule is CCCCc1nc(Cl)c(CNC(C)C(C)CO)[nH]1. The summed E-state index contributed by atoms with van der Waals surface area (Å²) >= 11 is 6.09. The second kappa shape index (κ2) is 7.77. The van der Waals surface area contributed by atoms with Crippen LogP contribution in [0.15, 0.2) is 0 Å². The lowest BCUT2D eigenvalue weighted by molar-refractivity contribution is 0.207. The smallest absolute Gasteiger partial charge is 0.151 e. The fraction of sp³-hybridized carbons (Fsp3) is 0.769. The number of halogens is 1. The number of aryl methyl sites for hydroxylation is 1. The third-order valence-corrected chi connectivity index (χ3v) is 3.60. The maximum absolute atomic E-state index is 9.07. The Balaban J connectivity index is 2.49. The summed E-state index contributed by atoms with van der Waals surface area (Å²) in [5, 5.41) is 13.0. The highest BCUT2D eigenvalue weighted by Gasteiger charge is 2.13. The first-order chi connectivity index (χ1) is 8.58. The normalized spacial score (nSPS) is 14.7. The van der Waals surface area contributed by atoms with Crippen molar-refractivity contribution in [1.82, 2.24) is 15.3 Å². The largest absolute Gasteiger partial charge is 0.396 e. The van der Waals surface area contributed by atoms with Gasteiger partial charge in [0, 0.05) is 25.6 Å². The lowest BCUT2D eigenvalue weighted by Crippen LogP contribution is -2.33. The summed E-state index contributed by atoms with van der Waals surface area (Å²) in [6, 6.07) is 0.244. The molecule has 0 radical (unpaired) electrons. The standard InChI is InChI=1S/C13H24ClN3O/c1-4-5-6-12-16-11(13(14)17-12)7-15-10(3)9(2)8-18/h9-10,15,18H,4-8H2,1-3H3,(H,16,17). The summed E-state index contributed by atoms with van der Waals surface area (Å²) in [4.78, 5) is 7.57. The van der Waals surface area contributed by atoms with Gasteiger partial charge in [0.1, 0.15) is 5.82 Å². The topological polar surface area (TPSA) is 60.9 Å². The van der Waals surface area contributed by atoms with Gasteiger partial charge in [-0.05, 0) is 19.3 Å². The molecule has 5 heteroatoms. The van der Waals surface area contributed by atoms with Crippen LogP contribution < -0.4 is 5.32 Å². The van der Waals surface area contributed by atoms with Crippen molar-refractivity contribution in [2.45, 2.75) is 52.6 Å². The van der Waals surface area contributed by atoms with E-state index in [0.29, 0.717) is 11.7 Å². The zero-order chi connectivity index (χ0) is 13.5. The molecule has 1 aromatic rings.